The quantitative estimate of drug-likeness (QED) is 0.666. The number of hydrogen-bond donors (Lipinski definition) is 2. The van der Waals surface area contributed by atoms with Crippen molar-refractivity contribution in [2.45, 2.75) is 6.92 Å². The van der Waals surface area contributed by atoms with Crippen LogP contribution in [0.15, 0.2) is 24.4 Å². The third kappa shape index (κ3) is 2.55. The van der Waals surface area contributed by atoms with Crippen LogP contribution in [0.5, 0.6) is 0 Å². The molecule has 19 heavy (non-hydrogen) atoms. The van der Waals surface area contributed by atoms with Crippen LogP contribution in [0.3, 0.4) is 0 Å². The topological polar surface area (TPSA) is 101 Å². The zero-order valence-corrected chi connectivity index (χ0v) is 10.6. The van der Waals surface area contributed by atoms with E-state index < -0.39 is 16.5 Å². The zero-order valence-electron chi connectivity index (χ0n) is 9.81. The van der Waals surface area contributed by atoms with Crippen LogP contribution < -0.4 is 5.32 Å². The number of aromatic nitrogens is 2. The number of rotatable bonds is 3. The second kappa shape index (κ2) is 5.07. The van der Waals surface area contributed by atoms with Crippen molar-refractivity contribution in [3.63, 3.8) is 0 Å². The molecule has 0 saturated carbocycles. The summed E-state index contributed by atoms with van der Waals surface area (Å²) in [5.74, 6) is -0.235. The number of carbonyl (C=O) groups is 1. The summed E-state index contributed by atoms with van der Waals surface area (Å²) < 4.78 is 0. The number of hydrogen-bond acceptors (Lipinski definition) is 4. The second-order valence-corrected chi connectivity index (χ2v) is 4.18. The maximum atomic E-state index is 12.0. The molecule has 7 nitrogen and oxygen atoms in total. The summed E-state index contributed by atoms with van der Waals surface area (Å²) in [4.78, 5) is 22.3. The number of nitrogens with one attached hydrogen (secondary N) is 2. The molecule has 0 aliphatic heterocycles. The van der Waals surface area contributed by atoms with Gasteiger partial charge in [-0.15, -0.1) is 0 Å². The largest absolute Gasteiger partial charge is 0.307 e. The lowest BCUT2D eigenvalue weighted by molar-refractivity contribution is -0.385. The molecule has 0 aliphatic rings. The second-order valence-electron chi connectivity index (χ2n) is 3.78. The van der Waals surface area contributed by atoms with E-state index in [4.69, 9.17) is 11.6 Å². The average Bonchev–Trinajstić information content (AvgIpc) is 2.74. The first-order valence-corrected chi connectivity index (χ1v) is 5.62. The van der Waals surface area contributed by atoms with Crippen LogP contribution in [-0.4, -0.2) is 21.0 Å². The smallest absolute Gasteiger partial charge is 0.300 e. The molecule has 0 atom stereocenters. The first-order valence-electron chi connectivity index (χ1n) is 5.25. The fraction of sp³-hybridized carbons (Fsp3) is 0.0909. The molecule has 0 fully saturated rings. The third-order valence-corrected chi connectivity index (χ3v) is 2.79. The van der Waals surface area contributed by atoms with Crippen LogP contribution in [0, 0.1) is 17.0 Å². The number of aryl methyl sites for hydroxylation is 1. The van der Waals surface area contributed by atoms with E-state index in [9.17, 15) is 14.9 Å². The van der Waals surface area contributed by atoms with E-state index in [-0.39, 0.29) is 10.6 Å². The number of nitro benzene ring substituents is 1. The number of benzene rings is 1. The Balaban J connectivity index is 2.37. The van der Waals surface area contributed by atoms with Crippen LogP contribution in [0.2, 0.25) is 5.02 Å². The molecule has 2 rings (SSSR count). The van der Waals surface area contributed by atoms with Gasteiger partial charge in [0.1, 0.15) is 16.4 Å². The molecule has 98 valence electrons. The molecule has 1 heterocycles. The Morgan fingerprint density at radius 1 is 1.53 bits per heavy atom. The number of anilines is 1. The van der Waals surface area contributed by atoms with Crippen molar-refractivity contribution in [3.8, 4) is 0 Å². The van der Waals surface area contributed by atoms with Gasteiger partial charge in [0.2, 0.25) is 0 Å². The predicted octanol–water partition coefficient (Wildman–Crippen LogP) is 2.53. The first-order chi connectivity index (χ1) is 9.00. The van der Waals surface area contributed by atoms with E-state index >= 15 is 0 Å². The molecule has 1 aromatic carbocycles. The van der Waals surface area contributed by atoms with Gasteiger partial charge < -0.3 is 5.32 Å². The fourth-order valence-corrected chi connectivity index (χ4v) is 1.78. The monoisotopic (exact) mass is 280 g/mol. The van der Waals surface area contributed by atoms with Crippen molar-refractivity contribution in [1.82, 2.24) is 10.2 Å². The summed E-state index contributed by atoms with van der Waals surface area (Å²) in [6.45, 7) is 1.74. The van der Waals surface area contributed by atoms with Gasteiger partial charge in [-0.1, -0.05) is 17.7 Å². The van der Waals surface area contributed by atoms with E-state index in [1.807, 2.05) is 0 Å². The summed E-state index contributed by atoms with van der Waals surface area (Å²) in [7, 11) is 0. The van der Waals surface area contributed by atoms with E-state index in [1.54, 1.807) is 6.92 Å². The number of amides is 1. The number of halogens is 1. The van der Waals surface area contributed by atoms with Crippen molar-refractivity contribution < 1.29 is 9.72 Å². The maximum Gasteiger partial charge on any atom is 0.300 e. The molecule has 0 radical (unpaired) electrons. The number of carbonyl (C=O) groups excluding carboxylic acids is 1. The Morgan fingerprint density at radius 3 is 2.84 bits per heavy atom. The van der Waals surface area contributed by atoms with Gasteiger partial charge in [-0.2, -0.15) is 5.10 Å². The molecule has 2 aromatic rings. The Bertz CT molecular complexity index is 653. The molecule has 0 unspecified atom stereocenters. The van der Waals surface area contributed by atoms with Gasteiger partial charge in [-0.25, -0.2) is 0 Å². The number of H-pyrrole nitrogens is 1. The van der Waals surface area contributed by atoms with Gasteiger partial charge in [0, 0.05) is 5.56 Å². The fourth-order valence-electron chi connectivity index (χ4n) is 1.54. The highest BCUT2D eigenvalue weighted by Gasteiger charge is 2.24. The van der Waals surface area contributed by atoms with Gasteiger partial charge in [0.25, 0.3) is 5.91 Å². The molecule has 0 spiro atoms. The molecule has 1 amide bonds. The molecule has 0 bridgehead atoms. The Morgan fingerprint density at radius 2 is 2.26 bits per heavy atom. The lowest BCUT2D eigenvalue weighted by Crippen LogP contribution is -2.15. The molecule has 0 saturated heterocycles. The van der Waals surface area contributed by atoms with Gasteiger partial charge in [-0.3, -0.25) is 20.0 Å². The van der Waals surface area contributed by atoms with E-state index in [2.05, 4.69) is 15.5 Å². The lowest BCUT2D eigenvalue weighted by Gasteiger charge is -2.05. The van der Waals surface area contributed by atoms with Gasteiger partial charge in [0.05, 0.1) is 11.1 Å². The Kier molecular flexibility index (Phi) is 3.48. The standard InChI is InChI=1S/C11H9ClN4O3/c1-6-5-13-15-10(6)14-11(17)7-3-2-4-8(12)9(7)16(18)19/h2-5H,1H3,(H2,13,14,15,17). The minimum atomic E-state index is -0.683. The number of aromatic amines is 1. The molecule has 1 aromatic heterocycles. The van der Waals surface area contributed by atoms with E-state index in [0.29, 0.717) is 5.82 Å². The summed E-state index contributed by atoms with van der Waals surface area (Å²) in [6, 6.07) is 4.17. The van der Waals surface area contributed by atoms with Gasteiger partial charge in [-0.05, 0) is 19.1 Å². The predicted molar refractivity (Wildman–Crippen MR) is 69.4 cm³/mol. The average molecular weight is 281 g/mol. The highest BCUT2D eigenvalue weighted by Crippen LogP contribution is 2.28. The molecule has 8 heteroatoms. The molecule has 0 aliphatic carbocycles. The van der Waals surface area contributed by atoms with Crippen molar-refractivity contribution in [3.05, 3.63) is 50.7 Å². The van der Waals surface area contributed by atoms with Crippen LogP contribution >= 0.6 is 11.6 Å². The number of nitrogens with zero attached hydrogens (tertiary/aromatic N) is 2. The first kappa shape index (κ1) is 13.0. The van der Waals surface area contributed by atoms with Crippen molar-refractivity contribution in [2.24, 2.45) is 0 Å². The minimum Gasteiger partial charge on any atom is -0.307 e. The number of para-hydroxylation sites is 1. The lowest BCUT2D eigenvalue weighted by atomic mass is 10.1. The zero-order chi connectivity index (χ0) is 14.0. The van der Waals surface area contributed by atoms with Gasteiger partial charge >= 0.3 is 5.69 Å². The SMILES string of the molecule is Cc1cn[nH]c1NC(=O)c1cccc(Cl)c1[N+](=O)[O-]. The van der Waals surface area contributed by atoms with Crippen LogP contribution in [0.25, 0.3) is 0 Å². The third-order valence-electron chi connectivity index (χ3n) is 2.48. The summed E-state index contributed by atoms with van der Waals surface area (Å²) >= 11 is 5.74. The minimum absolute atomic E-state index is 0.0843. The number of nitro groups is 1. The van der Waals surface area contributed by atoms with E-state index in [0.717, 1.165) is 5.56 Å². The van der Waals surface area contributed by atoms with Crippen LogP contribution in [-0.2, 0) is 0 Å². The van der Waals surface area contributed by atoms with Crippen molar-refractivity contribution in [1.29, 1.82) is 0 Å². The normalized spacial score (nSPS) is 10.2. The summed E-state index contributed by atoms with van der Waals surface area (Å²) in [6.07, 6.45) is 1.53. The Hall–Kier alpha value is -2.41. The maximum absolute atomic E-state index is 12.0. The highest BCUT2D eigenvalue weighted by atomic mass is 35.5. The molecular formula is C11H9ClN4O3. The molecular weight excluding hydrogens is 272 g/mol. The Labute approximate surface area is 112 Å². The summed E-state index contributed by atoms with van der Waals surface area (Å²) in [5.41, 5.74) is 0.198. The molecule has 2 N–H and O–H groups in total. The van der Waals surface area contributed by atoms with Gasteiger partial charge in [0.15, 0.2) is 0 Å². The van der Waals surface area contributed by atoms with E-state index in [1.165, 1.54) is 24.4 Å². The van der Waals surface area contributed by atoms with Crippen LogP contribution in [0.4, 0.5) is 11.5 Å². The summed E-state index contributed by atoms with van der Waals surface area (Å²) in [5, 5.41) is 19.7. The van der Waals surface area contributed by atoms with Crippen molar-refractivity contribution >= 4 is 29.0 Å². The highest BCUT2D eigenvalue weighted by molar-refractivity contribution is 6.33. The van der Waals surface area contributed by atoms with Crippen LogP contribution in [0.1, 0.15) is 15.9 Å². The van der Waals surface area contributed by atoms with Crippen molar-refractivity contribution in [2.75, 3.05) is 5.32 Å².